The summed E-state index contributed by atoms with van der Waals surface area (Å²) in [4.78, 5) is 12.5. The van der Waals surface area contributed by atoms with Crippen molar-refractivity contribution in [3.05, 3.63) is 70.8 Å². The molecule has 3 heteroatoms. The van der Waals surface area contributed by atoms with Gasteiger partial charge in [0.05, 0.1) is 24.7 Å². The Kier molecular flexibility index (Phi) is 3.95. The first-order chi connectivity index (χ1) is 11.1. The van der Waals surface area contributed by atoms with Gasteiger partial charge >= 0.3 is 5.97 Å². The molecule has 2 aromatic carbocycles. The molecule has 0 aliphatic heterocycles. The van der Waals surface area contributed by atoms with Gasteiger partial charge in [0.15, 0.2) is 0 Å². The third-order valence-corrected chi connectivity index (χ3v) is 4.50. The van der Waals surface area contributed by atoms with Crippen LogP contribution in [0.3, 0.4) is 0 Å². The van der Waals surface area contributed by atoms with E-state index >= 15 is 0 Å². The van der Waals surface area contributed by atoms with Crippen molar-refractivity contribution in [2.75, 3.05) is 13.7 Å². The fourth-order valence-corrected chi connectivity index (χ4v) is 3.23. The second-order valence-electron chi connectivity index (χ2n) is 5.72. The Labute approximate surface area is 136 Å². The number of esters is 1. The van der Waals surface area contributed by atoms with Crippen molar-refractivity contribution in [2.45, 2.75) is 19.3 Å². The average Bonchev–Trinajstić information content (AvgIpc) is 2.90. The summed E-state index contributed by atoms with van der Waals surface area (Å²) in [6.45, 7) is 4.26. The van der Waals surface area contributed by atoms with Crippen LogP contribution in [0.4, 0.5) is 0 Å². The van der Waals surface area contributed by atoms with E-state index in [0.29, 0.717) is 12.2 Å². The fourth-order valence-electron chi connectivity index (χ4n) is 3.23. The predicted octanol–water partition coefficient (Wildman–Crippen LogP) is 3.96. The molecule has 1 atom stereocenters. The number of rotatable bonds is 4. The molecule has 0 bridgehead atoms. The molecule has 0 aromatic heterocycles. The first kappa shape index (κ1) is 15.3. The molecule has 118 valence electrons. The molecule has 0 radical (unpaired) electrons. The van der Waals surface area contributed by atoms with E-state index in [4.69, 9.17) is 9.47 Å². The second-order valence-corrected chi connectivity index (χ2v) is 5.72. The predicted molar refractivity (Wildman–Crippen MR) is 90.5 cm³/mol. The number of methoxy groups -OCH3 is 1. The number of carbonyl (C=O) groups excluding carboxylic acids is 1. The smallest absolute Gasteiger partial charge is 0.335 e. The van der Waals surface area contributed by atoms with E-state index in [2.05, 4.69) is 13.0 Å². The van der Waals surface area contributed by atoms with Gasteiger partial charge in [-0.1, -0.05) is 36.4 Å². The van der Waals surface area contributed by atoms with Gasteiger partial charge < -0.3 is 9.47 Å². The normalized spacial score (nSPS) is 19.0. The number of hydrogen-bond acceptors (Lipinski definition) is 3. The molecule has 3 rings (SSSR count). The highest BCUT2D eigenvalue weighted by Gasteiger charge is 2.42. The molecule has 0 fully saturated rings. The van der Waals surface area contributed by atoms with E-state index in [1.54, 1.807) is 7.11 Å². The van der Waals surface area contributed by atoms with Gasteiger partial charge in [0, 0.05) is 0 Å². The Morgan fingerprint density at radius 1 is 1.09 bits per heavy atom. The second kappa shape index (κ2) is 5.92. The average molecular weight is 308 g/mol. The van der Waals surface area contributed by atoms with Crippen LogP contribution in [-0.2, 0) is 14.9 Å². The first-order valence-corrected chi connectivity index (χ1v) is 7.74. The molecule has 1 aliphatic carbocycles. The van der Waals surface area contributed by atoms with Crippen LogP contribution >= 0.6 is 0 Å². The maximum absolute atomic E-state index is 12.5. The molecule has 0 N–H and O–H groups in total. The standard InChI is InChI=1S/C20H20O3/c1-4-23-19(21)18-13-14-7-5-6-8-17(14)20(18,2)15-9-11-16(22-3)12-10-15/h5-13H,4H2,1-3H3. The maximum Gasteiger partial charge on any atom is 0.335 e. The third kappa shape index (κ3) is 2.42. The van der Waals surface area contributed by atoms with Crippen LogP contribution in [0.5, 0.6) is 5.75 Å². The Morgan fingerprint density at radius 2 is 1.78 bits per heavy atom. The van der Waals surface area contributed by atoms with Crippen LogP contribution in [0, 0.1) is 0 Å². The molecule has 2 aromatic rings. The van der Waals surface area contributed by atoms with E-state index in [1.807, 2.05) is 55.5 Å². The summed E-state index contributed by atoms with van der Waals surface area (Å²) in [7, 11) is 1.64. The van der Waals surface area contributed by atoms with E-state index in [9.17, 15) is 4.79 Å². The SMILES string of the molecule is CCOC(=O)C1=Cc2ccccc2C1(C)c1ccc(OC)cc1. The molecule has 0 saturated heterocycles. The molecule has 0 amide bonds. The highest BCUT2D eigenvalue weighted by molar-refractivity contribution is 6.01. The van der Waals surface area contributed by atoms with Crippen molar-refractivity contribution in [3.8, 4) is 5.75 Å². The van der Waals surface area contributed by atoms with Crippen LogP contribution in [0.2, 0.25) is 0 Å². The van der Waals surface area contributed by atoms with Gasteiger partial charge in [-0.2, -0.15) is 0 Å². The quantitative estimate of drug-likeness (QED) is 0.802. The van der Waals surface area contributed by atoms with Crippen molar-refractivity contribution >= 4 is 12.0 Å². The van der Waals surface area contributed by atoms with Gasteiger partial charge in [-0.3, -0.25) is 0 Å². The van der Waals surface area contributed by atoms with Crippen molar-refractivity contribution in [3.63, 3.8) is 0 Å². The molecular weight excluding hydrogens is 288 g/mol. The van der Waals surface area contributed by atoms with Gasteiger partial charge in [0.25, 0.3) is 0 Å². The summed E-state index contributed by atoms with van der Waals surface area (Å²) in [5, 5.41) is 0. The number of fused-ring (bicyclic) bond motifs is 1. The van der Waals surface area contributed by atoms with Crippen LogP contribution in [0.1, 0.15) is 30.5 Å². The lowest BCUT2D eigenvalue weighted by atomic mass is 9.73. The lowest BCUT2D eigenvalue weighted by molar-refractivity contribution is -0.138. The highest BCUT2D eigenvalue weighted by atomic mass is 16.5. The van der Waals surface area contributed by atoms with Gasteiger partial charge in [0.2, 0.25) is 0 Å². The Hall–Kier alpha value is -2.55. The Bertz CT molecular complexity index is 759. The van der Waals surface area contributed by atoms with Crippen molar-refractivity contribution in [2.24, 2.45) is 0 Å². The summed E-state index contributed by atoms with van der Waals surface area (Å²) < 4.78 is 10.5. The Morgan fingerprint density at radius 3 is 2.43 bits per heavy atom. The van der Waals surface area contributed by atoms with E-state index < -0.39 is 5.41 Å². The van der Waals surface area contributed by atoms with Crippen molar-refractivity contribution in [1.29, 1.82) is 0 Å². The van der Waals surface area contributed by atoms with E-state index in [1.165, 1.54) is 0 Å². The number of carbonyl (C=O) groups is 1. The zero-order chi connectivity index (χ0) is 16.4. The molecule has 1 aliphatic rings. The highest BCUT2D eigenvalue weighted by Crippen LogP contribution is 2.47. The Balaban J connectivity index is 2.14. The van der Waals surface area contributed by atoms with E-state index in [-0.39, 0.29) is 5.97 Å². The first-order valence-electron chi connectivity index (χ1n) is 7.74. The van der Waals surface area contributed by atoms with Crippen LogP contribution in [-0.4, -0.2) is 19.7 Å². The lowest BCUT2D eigenvalue weighted by Gasteiger charge is -2.29. The molecule has 0 saturated carbocycles. The van der Waals surface area contributed by atoms with E-state index in [0.717, 1.165) is 22.4 Å². The maximum atomic E-state index is 12.5. The van der Waals surface area contributed by atoms with Crippen molar-refractivity contribution in [1.82, 2.24) is 0 Å². The van der Waals surface area contributed by atoms with Crippen molar-refractivity contribution < 1.29 is 14.3 Å². The minimum atomic E-state index is -0.519. The zero-order valence-electron chi connectivity index (χ0n) is 13.6. The number of hydrogen-bond donors (Lipinski definition) is 0. The molecule has 0 heterocycles. The minimum absolute atomic E-state index is 0.262. The van der Waals surface area contributed by atoms with Gasteiger partial charge in [-0.25, -0.2) is 4.79 Å². The molecule has 23 heavy (non-hydrogen) atoms. The monoisotopic (exact) mass is 308 g/mol. The fraction of sp³-hybridized carbons (Fsp3) is 0.250. The molecule has 3 nitrogen and oxygen atoms in total. The largest absolute Gasteiger partial charge is 0.497 e. The zero-order valence-corrected chi connectivity index (χ0v) is 13.6. The number of benzene rings is 2. The lowest BCUT2D eigenvalue weighted by Crippen LogP contribution is -2.29. The number of ether oxygens (including phenoxy) is 2. The van der Waals surface area contributed by atoms with Crippen LogP contribution in [0.25, 0.3) is 6.08 Å². The van der Waals surface area contributed by atoms with Gasteiger partial charge in [-0.05, 0) is 48.7 Å². The third-order valence-electron chi connectivity index (χ3n) is 4.50. The molecule has 1 unspecified atom stereocenters. The molecule has 0 spiro atoms. The summed E-state index contributed by atoms with van der Waals surface area (Å²) in [5.74, 6) is 0.535. The van der Waals surface area contributed by atoms with Crippen LogP contribution < -0.4 is 4.74 Å². The minimum Gasteiger partial charge on any atom is -0.497 e. The topological polar surface area (TPSA) is 35.5 Å². The molecular formula is C20H20O3. The summed E-state index contributed by atoms with van der Waals surface area (Å²) >= 11 is 0. The summed E-state index contributed by atoms with van der Waals surface area (Å²) in [5.41, 5.74) is 3.38. The van der Waals surface area contributed by atoms with Gasteiger partial charge in [-0.15, -0.1) is 0 Å². The summed E-state index contributed by atoms with van der Waals surface area (Å²) in [6, 6.07) is 15.9. The van der Waals surface area contributed by atoms with Gasteiger partial charge in [0.1, 0.15) is 5.75 Å². The summed E-state index contributed by atoms with van der Waals surface area (Å²) in [6.07, 6.45) is 1.94. The van der Waals surface area contributed by atoms with Crippen LogP contribution in [0.15, 0.2) is 54.1 Å².